The highest BCUT2D eigenvalue weighted by atomic mass is 32.1. The fourth-order valence-electron chi connectivity index (χ4n) is 2.76. The van der Waals surface area contributed by atoms with Crippen molar-refractivity contribution in [1.29, 1.82) is 0 Å². The van der Waals surface area contributed by atoms with Crippen LogP contribution in [0.1, 0.15) is 38.3 Å². The number of hydrogen-bond acceptors (Lipinski definition) is 5. The Morgan fingerprint density at radius 3 is 3.00 bits per heavy atom. The summed E-state index contributed by atoms with van der Waals surface area (Å²) in [4.78, 5) is 11.4. The average Bonchev–Trinajstić information content (AvgIpc) is 2.51. The Kier molecular flexibility index (Phi) is 6.98. The van der Waals surface area contributed by atoms with Crippen molar-refractivity contribution in [2.45, 2.75) is 45.6 Å². The molecular weight excluding hydrogens is 310 g/mol. The molecule has 7 heteroatoms. The van der Waals surface area contributed by atoms with Crippen molar-refractivity contribution in [3.63, 3.8) is 0 Å². The third-order valence-corrected chi connectivity index (χ3v) is 4.22. The molecule has 0 bridgehead atoms. The van der Waals surface area contributed by atoms with Crippen LogP contribution >= 0.6 is 12.2 Å². The third kappa shape index (κ3) is 5.58. The van der Waals surface area contributed by atoms with Gasteiger partial charge >= 0.3 is 0 Å². The number of nitrogens with zero attached hydrogens (tertiary/aromatic N) is 3. The van der Waals surface area contributed by atoms with Gasteiger partial charge in [-0.2, -0.15) is 4.98 Å². The standard InChI is InChI=1S/C16H27N5OS/c1-12-11-14(21-9-5-4-7-13(21)2)19-15(18-12)20-16(23)17-8-6-10-22-3/h11,13H,4-10H2,1-3H3,(H2,17,18,19,20,23)/t13-/m1/s1. The Hall–Kier alpha value is -1.47. The van der Waals surface area contributed by atoms with Gasteiger partial charge in [0.1, 0.15) is 5.82 Å². The molecule has 128 valence electrons. The minimum Gasteiger partial charge on any atom is -0.385 e. The predicted molar refractivity (Wildman–Crippen MR) is 98.1 cm³/mol. The number of methoxy groups -OCH3 is 1. The number of rotatable bonds is 6. The van der Waals surface area contributed by atoms with Crippen LogP contribution in [0.25, 0.3) is 0 Å². The fourth-order valence-corrected chi connectivity index (χ4v) is 2.95. The lowest BCUT2D eigenvalue weighted by Crippen LogP contribution is -2.38. The number of aryl methyl sites for hydroxylation is 1. The van der Waals surface area contributed by atoms with Gasteiger partial charge in [0, 0.05) is 44.6 Å². The summed E-state index contributed by atoms with van der Waals surface area (Å²) >= 11 is 5.30. The first-order chi connectivity index (χ1) is 11.1. The lowest BCUT2D eigenvalue weighted by Gasteiger charge is -2.34. The van der Waals surface area contributed by atoms with E-state index in [1.165, 1.54) is 19.3 Å². The molecule has 6 nitrogen and oxygen atoms in total. The first-order valence-electron chi connectivity index (χ1n) is 8.26. The highest BCUT2D eigenvalue weighted by Gasteiger charge is 2.20. The summed E-state index contributed by atoms with van der Waals surface area (Å²) in [6.07, 6.45) is 4.63. The van der Waals surface area contributed by atoms with Gasteiger partial charge in [-0.1, -0.05) is 0 Å². The van der Waals surface area contributed by atoms with Crippen LogP contribution in [0.3, 0.4) is 0 Å². The Balaban J connectivity index is 1.98. The van der Waals surface area contributed by atoms with Gasteiger partial charge in [-0.3, -0.25) is 0 Å². The van der Waals surface area contributed by atoms with E-state index in [0.717, 1.165) is 31.0 Å². The number of thiocarbonyl (C=S) groups is 1. The zero-order chi connectivity index (χ0) is 16.7. The second kappa shape index (κ2) is 8.98. The second-order valence-corrected chi connectivity index (χ2v) is 6.36. The quantitative estimate of drug-likeness (QED) is 0.611. The summed E-state index contributed by atoms with van der Waals surface area (Å²) in [5.74, 6) is 1.54. The molecule has 2 rings (SSSR count). The molecule has 1 atom stereocenters. The third-order valence-electron chi connectivity index (χ3n) is 3.97. The molecule has 1 aromatic heterocycles. The molecule has 1 aromatic rings. The topological polar surface area (TPSA) is 62.3 Å². The molecule has 23 heavy (non-hydrogen) atoms. The van der Waals surface area contributed by atoms with Crippen LogP contribution in [0.15, 0.2) is 6.07 Å². The van der Waals surface area contributed by atoms with Crippen molar-refractivity contribution in [3.8, 4) is 0 Å². The minimum atomic E-state index is 0.519. The summed E-state index contributed by atoms with van der Waals surface area (Å²) < 4.78 is 5.02. The van der Waals surface area contributed by atoms with Gasteiger partial charge in [0.05, 0.1) is 0 Å². The molecule has 1 aliphatic heterocycles. The van der Waals surface area contributed by atoms with Crippen molar-refractivity contribution < 1.29 is 4.74 Å². The van der Waals surface area contributed by atoms with Gasteiger partial charge < -0.3 is 20.3 Å². The van der Waals surface area contributed by atoms with E-state index in [-0.39, 0.29) is 0 Å². The van der Waals surface area contributed by atoms with E-state index < -0.39 is 0 Å². The number of aromatic nitrogens is 2. The summed E-state index contributed by atoms with van der Waals surface area (Å²) in [6.45, 7) is 6.78. The van der Waals surface area contributed by atoms with E-state index in [0.29, 0.717) is 23.7 Å². The number of ether oxygens (including phenoxy) is 1. The largest absolute Gasteiger partial charge is 0.385 e. The van der Waals surface area contributed by atoms with Crippen LogP contribution in [0.4, 0.5) is 11.8 Å². The molecule has 0 spiro atoms. The van der Waals surface area contributed by atoms with E-state index in [1.807, 2.05) is 13.0 Å². The monoisotopic (exact) mass is 337 g/mol. The molecule has 0 aliphatic carbocycles. The number of nitrogens with one attached hydrogen (secondary N) is 2. The second-order valence-electron chi connectivity index (χ2n) is 5.96. The van der Waals surface area contributed by atoms with Gasteiger partial charge in [-0.15, -0.1) is 0 Å². The molecule has 1 saturated heterocycles. The van der Waals surface area contributed by atoms with Crippen LogP contribution < -0.4 is 15.5 Å². The van der Waals surface area contributed by atoms with Gasteiger partial charge in [0.25, 0.3) is 0 Å². The van der Waals surface area contributed by atoms with Crippen molar-refractivity contribution in [2.75, 3.05) is 37.0 Å². The number of anilines is 2. The summed E-state index contributed by atoms with van der Waals surface area (Å²) in [5.41, 5.74) is 0.942. The molecule has 0 aromatic carbocycles. The molecule has 0 amide bonds. The molecule has 0 unspecified atom stereocenters. The normalized spacial score (nSPS) is 17.9. The first-order valence-corrected chi connectivity index (χ1v) is 8.67. The van der Waals surface area contributed by atoms with E-state index in [1.54, 1.807) is 7.11 Å². The van der Waals surface area contributed by atoms with Crippen molar-refractivity contribution >= 4 is 29.1 Å². The van der Waals surface area contributed by atoms with Crippen LogP contribution in [-0.2, 0) is 4.74 Å². The first kappa shape index (κ1) is 17.9. The summed E-state index contributed by atoms with van der Waals surface area (Å²) in [5, 5.41) is 6.77. The predicted octanol–water partition coefficient (Wildman–Crippen LogP) is 2.49. The fraction of sp³-hybridized carbons (Fsp3) is 0.688. The van der Waals surface area contributed by atoms with E-state index in [9.17, 15) is 0 Å². The number of hydrogen-bond donors (Lipinski definition) is 2. The zero-order valence-corrected chi connectivity index (χ0v) is 15.1. The highest BCUT2D eigenvalue weighted by Crippen LogP contribution is 2.24. The molecule has 2 heterocycles. The highest BCUT2D eigenvalue weighted by molar-refractivity contribution is 7.80. The summed E-state index contributed by atoms with van der Waals surface area (Å²) in [7, 11) is 1.69. The lowest BCUT2D eigenvalue weighted by molar-refractivity contribution is 0.196. The van der Waals surface area contributed by atoms with E-state index >= 15 is 0 Å². The van der Waals surface area contributed by atoms with E-state index in [2.05, 4.69) is 32.4 Å². The van der Waals surface area contributed by atoms with Crippen LogP contribution in [-0.4, -0.2) is 47.9 Å². The molecule has 1 fully saturated rings. The summed E-state index contributed by atoms with van der Waals surface area (Å²) in [6, 6.07) is 2.56. The molecule has 1 aliphatic rings. The minimum absolute atomic E-state index is 0.519. The average molecular weight is 337 g/mol. The smallest absolute Gasteiger partial charge is 0.231 e. The Labute approximate surface area is 144 Å². The SMILES string of the molecule is COCCCNC(=S)Nc1nc(C)cc(N2CCCC[C@H]2C)n1. The van der Waals surface area contributed by atoms with Gasteiger partial charge in [-0.05, 0) is 51.7 Å². The van der Waals surface area contributed by atoms with Crippen LogP contribution in [0.2, 0.25) is 0 Å². The lowest BCUT2D eigenvalue weighted by atomic mass is 10.0. The van der Waals surface area contributed by atoms with Crippen LogP contribution in [0, 0.1) is 6.92 Å². The van der Waals surface area contributed by atoms with Crippen molar-refractivity contribution in [1.82, 2.24) is 15.3 Å². The maximum atomic E-state index is 5.30. The van der Waals surface area contributed by atoms with Crippen molar-refractivity contribution in [2.24, 2.45) is 0 Å². The van der Waals surface area contributed by atoms with Gasteiger partial charge in [0.15, 0.2) is 5.11 Å². The Morgan fingerprint density at radius 1 is 1.43 bits per heavy atom. The van der Waals surface area contributed by atoms with Crippen molar-refractivity contribution in [3.05, 3.63) is 11.8 Å². The van der Waals surface area contributed by atoms with E-state index in [4.69, 9.17) is 17.0 Å². The Bertz CT molecular complexity index is 525. The maximum Gasteiger partial charge on any atom is 0.231 e. The Morgan fingerprint density at radius 2 is 2.26 bits per heavy atom. The van der Waals surface area contributed by atoms with Crippen LogP contribution in [0.5, 0.6) is 0 Å². The maximum absolute atomic E-state index is 5.30. The van der Waals surface area contributed by atoms with Gasteiger partial charge in [-0.25, -0.2) is 4.98 Å². The molecular formula is C16H27N5OS. The molecule has 0 saturated carbocycles. The molecule has 2 N–H and O–H groups in total. The molecule has 0 radical (unpaired) electrons. The zero-order valence-electron chi connectivity index (χ0n) is 14.3. The van der Waals surface area contributed by atoms with Gasteiger partial charge in [0.2, 0.25) is 5.95 Å². The number of piperidine rings is 1.